The fourth-order valence-electron chi connectivity index (χ4n) is 2.23. The van der Waals surface area contributed by atoms with Gasteiger partial charge in [-0.05, 0) is 18.6 Å². The summed E-state index contributed by atoms with van der Waals surface area (Å²) in [5.74, 6) is 0.848. The molecule has 0 radical (unpaired) electrons. The van der Waals surface area contributed by atoms with Gasteiger partial charge in [-0.15, -0.1) is 0 Å². The summed E-state index contributed by atoms with van der Waals surface area (Å²) in [4.78, 5) is 5.40. The monoisotopic (exact) mass is 403 g/mol. The van der Waals surface area contributed by atoms with Crippen LogP contribution in [-0.4, -0.2) is 29.1 Å². The molecule has 7 heteroatoms. The molecule has 23 heavy (non-hydrogen) atoms. The van der Waals surface area contributed by atoms with Crippen molar-refractivity contribution < 1.29 is 53.8 Å². The fraction of sp³-hybridized carbons (Fsp3) is 0.312. The molecule has 120 valence electrons. The number of hydrogen-bond acceptors (Lipinski definition) is 2. The maximum Gasteiger partial charge on any atom is 2.00 e. The summed E-state index contributed by atoms with van der Waals surface area (Å²) in [6, 6.07) is 10.3. The summed E-state index contributed by atoms with van der Waals surface area (Å²) >= 11 is 0. The van der Waals surface area contributed by atoms with Crippen LogP contribution in [0.3, 0.4) is 0 Å². The van der Waals surface area contributed by atoms with Gasteiger partial charge in [-0.2, -0.15) is 4.79 Å². The number of hydrogen-bond donors (Lipinski definition) is 0. The summed E-state index contributed by atoms with van der Waals surface area (Å²) < 4.78 is 5.68. The minimum absolute atomic E-state index is 0. The maximum atomic E-state index is 8.88. The van der Waals surface area contributed by atoms with Gasteiger partial charge in [0.2, 0.25) is 0 Å². The van der Waals surface area contributed by atoms with E-state index in [1.807, 2.05) is 44.3 Å². The van der Waals surface area contributed by atoms with Gasteiger partial charge >= 0.3 is 19.5 Å². The van der Waals surface area contributed by atoms with Gasteiger partial charge in [0.25, 0.3) is 5.71 Å². The Hall–Kier alpha value is -1.12. The molecule has 0 heterocycles. The summed E-state index contributed by atoms with van der Waals surface area (Å²) in [5, 5.41) is 0. The molecule has 0 saturated heterocycles. The largest absolute Gasteiger partial charge is 2.00 e. The first-order valence-electron chi connectivity index (χ1n) is 6.74. The number of allylic oxidation sites excluding steroid dienone is 3. The summed E-state index contributed by atoms with van der Waals surface area (Å²) in [6.07, 6.45) is 4.28. The van der Waals surface area contributed by atoms with E-state index in [0.717, 1.165) is 18.0 Å². The van der Waals surface area contributed by atoms with Crippen LogP contribution in [-0.2, 0) is 30.8 Å². The second-order valence-electron chi connectivity index (χ2n) is 4.68. The molecule has 1 aliphatic rings. The maximum absolute atomic E-state index is 8.88. The van der Waals surface area contributed by atoms with Crippen molar-refractivity contribution in [2.45, 2.75) is 19.9 Å². The Bertz CT molecular complexity index is 584. The first kappa shape index (κ1) is 24.1. The van der Waals surface area contributed by atoms with Crippen molar-refractivity contribution in [3.05, 3.63) is 65.0 Å². The number of benzene rings is 1. The Morgan fingerprint density at radius 3 is 2.39 bits per heavy atom. The van der Waals surface area contributed by atoms with Crippen LogP contribution in [0.25, 0.3) is 5.53 Å². The standard InChI is InChI=1S/C16H19N3O.2ClH.Zn/c1-3-20-16-11-14(18-17)9-10-15(16)19(2)12-13-7-5-4-6-8-13;;;/h4-10H,3,11-12H2,1-2H3;2*1H;/q;;;+2/p-2. The van der Waals surface area contributed by atoms with Crippen LogP contribution < -0.4 is 24.8 Å². The van der Waals surface area contributed by atoms with E-state index in [4.69, 9.17) is 10.3 Å². The summed E-state index contributed by atoms with van der Waals surface area (Å²) in [6.45, 7) is 3.36. The van der Waals surface area contributed by atoms with E-state index in [-0.39, 0.29) is 44.3 Å². The molecule has 0 saturated carbocycles. The number of rotatable bonds is 5. The molecule has 0 spiro atoms. The Kier molecular flexibility index (Phi) is 12.9. The number of ether oxygens (including phenoxy) is 1. The number of nitrogens with zero attached hydrogens (tertiary/aromatic N) is 3. The van der Waals surface area contributed by atoms with Crippen molar-refractivity contribution >= 4 is 5.71 Å². The zero-order valence-corrected chi connectivity index (χ0v) is 17.9. The molecule has 1 aliphatic carbocycles. The minimum atomic E-state index is 0. The molecule has 0 aromatic heterocycles. The average Bonchev–Trinajstić information content (AvgIpc) is 2.48. The normalized spacial score (nSPS) is 12.3. The third kappa shape index (κ3) is 6.89. The first-order chi connectivity index (χ1) is 9.74. The van der Waals surface area contributed by atoms with Gasteiger partial charge in [-0.25, -0.2) is 0 Å². The molecule has 0 unspecified atom stereocenters. The molecule has 0 amide bonds. The van der Waals surface area contributed by atoms with Crippen molar-refractivity contribution in [3.8, 4) is 0 Å². The van der Waals surface area contributed by atoms with Gasteiger partial charge in [0.05, 0.1) is 12.3 Å². The Balaban J connectivity index is 0. The van der Waals surface area contributed by atoms with E-state index in [9.17, 15) is 0 Å². The van der Waals surface area contributed by atoms with E-state index in [0.29, 0.717) is 18.7 Å². The van der Waals surface area contributed by atoms with E-state index < -0.39 is 0 Å². The zero-order chi connectivity index (χ0) is 14.4. The second kappa shape index (κ2) is 12.3. The van der Waals surface area contributed by atoms with Gasteiger partial charge in [-0.3, -0.25) is 0 Å². The summed E-state index contributed by atoms with van der Waals surface area (Å²) in [7, 11) is 2.03. The molecule has 0 fully saturated rings. The number of halogens is 2. The molecular weight excluding hydrogens is 386 g/mol. The average molecular weight is 406 g/mol. The number of likely N-dealkylation sites (N-methyl/N-ethyl adjacent to an activating group) is 1. The van der Waals surface area contributed by atoms with Crippen LogP contribution in [0.4, 0.5) is 0 Å². The van der Waals surface area contributed by atoms with Gasteiger partial charge in [0, 0.05) is 19.7 Å². The van der Waals surface area contributed by atoms with Crippen molar-refractivity contribution in [1.29, 1.82) is 0 Å². The van der Waals surface area contributed by atoms with Gasteiger partial charge in [0.15, 0.2) is 0 Å². The zero-order valence-electron chi connectivity index (χ0n) is 13.4. The Morgan fingerprint density at radius 2 is 1.83 bits per heavy atom. The van der Waals surface area contributed by atoms with Crippen LogP contribution >= 0.6 is 0 Å². The van der Waals surface area contributed by atoms with Crippen molar-refractivity contribution in [2.24, 2.45) is 0 Å². The molecule has 1 aromatic carbocycles. The van der Waals surface area contributed by atoms with Crippen LogP contribution in [0.2, 0.25) is 0 Å². The molecule has 0 bridgehead atoms. The minimum Gasteiger partial charge on any atom is -1.00 e. The topological polar surface area (TPSA) is 48.9 Å². The summed E-state index contributed by atoms with van der Waals surface area (Å²) in [5.41, 5.74) is 11.8. The van der Waals surface area contributed by atoms with E-state index >= 15 is 0 Å². The van der Waals surface area contributed by atoms with E-state index in [1.165, 1.54) is 5.56 Å². The fourth-order valence-corrected chi connectivity index (χ4v) is 2.23. The molecular formula is C16H19Cl2N3OZn. The van der Waals surface area contributed by atoms with Crippen molar-refractivity contribution in [1.82, 2.24) is 4.90 Å². The van der Waals surface area contributed by atoms with Crippen LogP contribution in [0.5, 0.6) is 0 Å². The third-order valence-corrected chi connectivity index (χ3v) is 3.18. The van der Waals surface area contributed by atoms with Crippen LogP contribution in [0, 0.1) is 0 Å². The second-order valence-corrected chi connectivity index (χ2v) is 4.68. The van der Waals surface area contributed by atoms with Gasteiger partial charge in [0.1, 0.15) is 12.2 Å². The van der Waals surface area contributed by atoms with Gasteiger partial charge < -0.3 is 40.0 Å². The predicted molar refractivity (Wildman–Crippen MR) is 78.9 cm³/mol. The van der Waals surface area contributed by atoms with Crippen LogP contribution in [0.1, 0.15) is 18.9 Å². The Morgan fingerprint density at radius 1 is 1.17 bits per heavy atom. The first-order valence-corrected chi connectivity index (χ1v) is 6.74. The van der Waals surface area contributed by atoms with Crippen molar-refractivity contribution in [3.63, 3.8) is 0 Å². The van der Waals surface area contributed by atoms with Crippen molar-refractivity contribution in [2.75, 3.05) is 13.7 Å². The quantitative estimate of drug-likeness (QED) is 0.298. The molecule has 0 aliphatic heterocycles. The Labute approximate surface area is 162 Å². The SMILES string of the molecule is CCOC1=C(N(C)Cc2ccccc2)C=CC(=[N+]=[N-])C1.[Cl-].[Cl-].[Zn+2]. The van der Waals surface area contributed by atoms with Gasteiger partial charge in [-0.1, -0.05) is 30.3 Å². The molecule has 2 rings (SSSR count). The molecule has 1 aromatic rings. The molecule has 0 N–H and O–H groups in total. The van der Waals surface area contributed by atoms with Crippen LogP contribution in [0.15, 0.2) is 53.9 Å². The van der Waals surface area contributed by atoms with E-state index in [1.54, 1.807) is 0 Å². The van der Waals surface area contributed by atoms with E-state index in [2.05, 4.69) is 21.8 Å². The predicted octanol–water partition coefficient (Wildman–Crippen LogP) is -3.00. The third-order valence-electron chi connectivity index (χ3n) is 3.18. The molecule has 0 atom stereocenters. The smallest absolute Gasteiger partial charge is 1.00 e. The molecule has 4 nitrogen and oxygen atoms in total.